The number of rotatable bonds is 5. The summed E-state index contributed by atoms with van der Waals surface area (Å²) in [4.78, 5) is 18.0. The third-order valence-corrected chi connectivity index (χ3v) is 4.56. The number of hydrogen-bond acceptors (Lipinski definition) is 3. The van der Waals surface area contributed by atoms with Crippen LogP contribution in [-0.4, -0.2) is 42.9 Å². The van der Waals surface area contributed by atoms with Crippen LogP contribution in [0.3, 0.4) is 0 Å². The molecule has 1 aliphatic heterocycles. The monoisotopic (exact) mass is 354 g/mol. The lowest BCUT2D eigenvalue weighted by Gasteiger charge is -2.18. The smallest absolute Gasteiger partial charge is 0.222 e. The Labute approximate surface area is 154 Å². The molecule has 1 aromatic carbocycles. The highest BCUT2D eigenvalue weighted by Crippen LogP contribution is 2.21. The van der Waals surface area contributed by atoms with Crippen molar-refractivity contribution in [3.8, 4) is 11.3 Å². The third kappa shape index (κ3) is 4.45. The van der Waals surface area contributed by atoms with E-state index in [1.165, 1.54) is 0 Å². The number of carbonyl (C=O) groups excluding carboxylic acids is 1. The number of benzene rings is 1. The minimum atomic E-state index is 0.210. The van der Waals surface area contributed by atoms with E-state index < -0.39 is 0 Å². The van der Waals surface area contributed by atoms with Gasteiger partial charge in [0.1, 0.15) is 11.5 Å². The maximum atomic E-state index is 11.8. The van der Waals surface area contributed by atoms with E-state index in [9.17, 15) is 4.79 Å². The summed E-state index contributed by atoms with van der Waals surface area (Å²) in [6, 6.07) is 14.2. The summed E-state index contributed by atoms with van der Waals surface area (Å²) in [5, 5.41) is 6.66. The van der Waals surface area contributed by atoms with Crippen LogP contribution in [0.5, 0.6) is 0 Å². The first kappa shape index (κ1) is 18.0. The lowest BCUT2D eigenvalue weighted by Crippen LogP contribution is -2.44. The maximum Gasteiger partial charge on any atom is 0.222 e. The topological polar surface area (TPSA) is 69.9 Å². The molecule has 6 heteroatoms. The van der Waals surface area contributed by atoms with E-state index in [1.54, 1.807) is 7.05 Å². The molecule has 0 aliphatic carbocycles. The summed E-state index contributed by atoms with van der Waals surface area (Å²) in [5.41, 5.74) is 1.06. The zero-order valence-corrected chi connectivity index (χ0v) is 15.4. The highest BCUT2D eigenvalue weighted by molar-refractivity contribution is 5.80. The number of nitrogens with zero attached hydrogens (tertiary/aromatic N) is 2. The molecule has 138 valence electrons. The molecule has 3 rings (SSSR count). The number of guanidine groups is 1. The van der Waals surface area contributed by atoms with Gasteiger partial charge in [-0.1, -0.05) is 37.3 Å². The van der Waals surface area contributed by atoms with Crippen molar-refractivity contribution in [3.63, 3.8) is 0 Å². The molecule has 1 amide bonds. The van der Waals surface area contributed by atoms with Crippen LogP contribution >= 0.6 is 0 Å². The van der Waals surface area contributed by atoms with Crippen molar-refractivity contribution in [1.82, 2.24) is 15.5 Å². The standard InChI is InChI=1S/C20H26N4O2/c1-3-19(25)24-12-11-16(14-24)23-20(21-2)22-13-17-9-10-18(26-17)15-7-5-4-6-8-15/h4-10,16H,3,11-14H2,1-2H3,(H2,21,22,23). The summed E-state index contributed by atoms with van der Waals surface area (Å²) in [7, 11) is 1.75. The molecule has 0 spiro atoms. The summed E-state index contributed by atoms with van der Waals surface area (Å²) in [5.74, 6) is 2.63. The molecule has 1 aliphatic rings. The second kappa shape index (κ2) is 8.56. The van der Waals surface area contributed by atoms with E-state index in [2.05, 4.69) is 15.6 Å². The van der Waals surface area contributed by atoms with E-state index in [0.29, 0.717) is 13.0 Å². The van der Waals surface area contributed by atoms with Gasteiger partial charge in [-0.2, -0.15) is 0 Å². The number of amides is 1. The van der Waals surface area contributed by atoms with Crippen molar-refractivity contribution < 1.29 is 9.21 Å². The van der Waals surface area contributed by atoms with E-state index >= 15 is 0 Å². The Bertz CT molecular complexity index is 754. The first-order valence-electron chi connectivity index (χ1n) is 9.08. The van der Waals surface area contributed by atoms with E-state index in [-0.39, 0.29) is 11.9 Å². The molecule has 0 radical (unpaired) electrons. The molecule has 2 heterocycles. The normalized spacial score (nSPS) is 17.4. The fourth-order valence-corrected chi connectivity index (χ4v) is 3.12. The SMILES string of the molecule is CCC(=O)N1CCC(NC(=NC)NCc2ccc(-c3ccccc3)o2)C1. The zero-order chi connectivity index (χ0) is 18.4. The maximum absolute atomic E-state index is 11.8. The molecule has 1 fully saturated rings. The summed E-state index contributed by atoms with van der Waals surface area (Å²) >= 11 is 0. The van der Waals surface area contributed by atoms with Crippen LogP contribution in [0.2, 0.25) is 0 Å². The minimum absolute atomic E-state index is 0.210. The van der Waals surface area contributed by atoms with Crippen molar-refractivity contribution in [2.45, 2.75) is 32.4 Å². The number of carbonyl (C=O) groups is 1. The highest BCUT2D eigenvalue weighted by atomic mass is 16.3. The van der Waals surface area contributed by atoms with Crippen molar-refractivity contribution in [1.29, 1.82) is 0 Å². The molecule has 26 heavy (non-hydrogen) atoms. The highest BCUT2D eigenvalue weighted by Gasteiger charge is 2.25. The molecular weight excluding hydrogens is 328 g/mol. The number of furan rings is 1. The fraction of sp³-hybridized carbons (Fsp3) is 0.400. The van der Waals surface area contributed by atoms with Gasteiger partial charge in [0.15, 0.2) is 5.96 Å². The molecular formula is C20H26N4O2. The van der Waals surface area contributed by atoms with Gasteiger partial charge in [-0.05, 0) is 18.6 Å². The fourth-order valence-electron chi connectivity index (χ4n) is 3.12. The van der Waals surface area contributed by atoms with Crippen LogP contribution in [0.25, 0.3) is 11.3 Å². The minimum Gasteiger partial charge on any atom is -0.459 e. The number of nitrogens with one attached hydrogen (secondary N) is 2. The molecule has 2 aromatic rings. The van der Waals surface area contributed by atoms with Gasteiger partial charge in [0.05, 0.1) is 6.54 Å². The van der Waals surface area contributed by atoms with Crippen LogP contribution < -0.4 is 10.6 Å². The lowest BCUT2D eigenvalue weighted by molar-refractivity contribution is -0.129. The molecule has 1 aromatic heterocycles. The van der Waals surface area contributed by atoms with Gasteiger partial charge in [0.2, 0.25) is 5.91 Å². The van der Waals surface area contributed by atoms with Crippen molar-refractivity contribution in [2.75, 3.05) is 20.1 Å². The van der Waals surface area contributed by atoms with Crippen LogP contribution in [0.4, 0.5) is 0 Å². The largest absolute Gasteiger partial charge is 0.459 e. The quantitative estimate of drug-likeness (QED) is 0.640. The van der Waals surface area contributed by atoms with Gasteiger partial charge < -0.3 is 20.0 Å². The number of likely N-dealkylation sites (tertiary alicyclic amines) is 1. The van der Waals surface area contributed by atoms with Crippen molar-refractivity contribution >= 4 is 11.9 Å². The van der Waals surface area contributed by atoms with Crippen LogP contribution in [-0.2, 0) is 11.3 Å². The second-order valence-electron chi connectivity index (χ2n) is 6.38. The number of aliphatic imine (C=N–C) groups is 1. The molecule has 0 bridgehead atoms. The molecule has 1 atom stereocenters. The first-order chi connectivity index (χ1) is 12.7. The van der Waals surface area contributed by atoms with E-state index in [4.69, 9.17) is 4.42 Å². The summed E-state index contributed by atoms with van der Waals surface area (Å²) in [6.07, 6.45) is 1.49. The Morgan fingerprint density at radius 1 is 1.27 bits per heavy atom. The molecule has 1 unspecified atom stereocenters. The number of hydrogen-bond donors (Lipinski definition) is 2. The zero-order valence-electron chi connectivity index (χ0n) is 15.4. The predicted octanol–water partition coefficient (Wildman–Crippen LogP) is 2.62. The molecule has 1 saturated heterocycles. The van der Waals surface area contributed by atoms with Crippen LogP contribution in [0.1, 0.15) is 25.5 Å². The average molecular weight is 354 g/mol. The van der Waals surface area contributed by atoms with Gasteiger partial charge in [-0.25, -0.2) is 0 Å². The van der Waals surface area contributed by atoms with Crippen LogP contribution in [0.15, 0.2) is 51.9 Å². The Balaban J connectivity index is 1.51. The average Bonchev–Trinajstić information content (AvgIpc) is 3.35. The van der Waals surface area contributed by atoms with Gasteiger partial charge in [0.25, 0.3) is 0 Å². The lowest BCUT2D eigenvalue weighted by atomic mass is 10.2. The Morgan fingerprint density at radius 2 is 2.08 bits per heavy atom. The predicted molar refractivity (Wildman–Crippen MR) is 103 cm³/mol. The van der Waals surface area contributed by atoms with Crippen molar-refractivity contribution in [3.05, 3.63) is 48.2 Å². The van der Waals surface area contributed by atoms with E-state index in [0.717, 1.165) is 42.6 Å². The van der Waals surface area contributed by atoms with Gasteiger partial charge in [-0.15, -0.1) is 0 Å². The molecule has 2 N–H and O–H groups in total. The summed E-state index contributed by atoms with van der Waals surface area (Å²) in [6.45, 7) is 3.99. The van der Waals surface area contributed by atoms with Gasteiger partial charge in [0, 0.05) is 38.2 Å². The molecule has 0 saturated carbocycles. The Kier molecular flexibility index (Phi) is 5.94. The summed E-state index contributed by atoms with van der Waals surface area (Å²) < 4.78 is 5.90. The van der Waals surface area contributed by atoms with Crippen molar-refractivity contribution in [2.24, 2.45) is 4.99 Å². The van der Waals surface area contributed by atoms with E-state index in [1.807, 2.05) is 54.3 Å². The molecule has 6 nitrogen and oxygen atoms in total. The Morgan fingerprint density at radius 3 is 2.81 bits per heavy atom. The van der Waals surface area contributed by atoms with Gasteiger partial charge >= 0.3 is 0 Å². The second-order valence-corrected chi connectivity index (χ2v) is 6.38. The van der Waals surface area contributed by atoms with Crippen LogP contribution in [0, 0.1) is 0 Å². The first-order valence-corrected chi connectivity index (χ1v) is 9.08. The Hall–Kier alpha value is -2.76. The third-order valence-electron chi connectivity index (χ3n) is 4.56. The van der Waals surface area contributed by atoms with Gasteiger partial charge in [-0.3, -0.25) is 9.79 Å².